The van der Waals surface area contributed by atoms with Crippen molar-refractivity contribution in [1.29, 1.82) is 0 Å². The van der Waals surface area contributed by atoms with Crippen molar-refractivity contribution in [3.63, 3.8) is 0 Å². The van der Waals surface area contributed by atoms with Crippen molar-refractivity contribution in [2.24, 2.45) is 0 Å². The van der Waals surface area contributed by atoms with E-state index in [4.69, 9.17) is 21.1 Å². The Labute approximate surface area is 139 Å². The highest BCUT2D eigenvalue weighted by Gasteiger charge is 2.50. The molecule has 1 aliphatic heterocycles. The lowest BCUT2D eigenvalue weighted by Gasteiger charge is -2.34. The maximum absolute atomic E-state index is 12.7. The molecule has 0 saturated carbocycles. The number of carboxylic acid groups (broad SMARTS) is 1. The normalized spacial score (nSPS) is 20.6. The van der Waals surface area contributed by atoms with Gasteiger partial charge in [0.25, 0.3) is 0 Å². The van der Waals surface area contributed by atoms with Crippen LogP contribution in [0.5, 0.6) is 5.75 Å². The molecular weight excluding hydrogens is 322 g/mol. The van der Waals surface area contributed by atoms with Gasteiger partial charge in [-0.2, -0.15) is 0 Å². The average Bonchev–Trinajstić information content (AvgIpc) is 2.94. The Morgan fingerprint density at radius 3 is 2.74 bits per heavy atom. The second-order valence-corrected chi connectivity index (χ2v) is 5.92. The maximum Gasteiger partial charge on any atom is 0.332 e. The van der Waals surface area contributed by atoms with Crippen LogP contribution in [0.3, 0.4) is 0 Å². The molecule has 0 aromatic heterocycles. The minimum absolute atomic E-state index is 0.0123. The lowest BCUT2D eigenvalue weighted by atomic mass is 9.96. The fourth-order valence-corrected chi connectivity index (χ4v) is 3.30. The summed E-state index contributed by atoms with van der Waals surface area (Å²) in [6.07, 6.45) is 0.990. The van der Waals surface area contributed by atoms with Crippen LogP contribution in [0.4, 0.5) is 0 Å². The highest BCUT2D eigenvalue weighted by molar-refractivity contribution is 6.31. The molecule has 1 fully saturated rings. The number of halogens is 1. The van der Waals surface area contributed by atoms with Gasteiger partial charge in [0.15, 0.2) is 5.54 Å². The predicted molar refractivity (Wildman–Crippen MR) is 84.9 cm³/mol. The van der Waals surface area contributed by atoms with Crippen molar-refractivity contribution in [1.82, 2.24) is 4.90 Å². The van der Waals surface area contributed by atoms with Gasteiger partial charge in [-0.1, -0.05) is 17.7 Å². The molecule has 0 spiro atoms. The summed E-state index contributed by atoms with van der Waals surface area (Å²) in [5.41, 5.74) is -0.745. The van der Waals surface area contributed by atoms with Crippen molar-refractivity contribution in [2.75, 3.05) is 27.4 Å². The number of hydrogen-bond donors (Lipinski definition) is 1. The number of carbonyl (C=O) groups excluding carboxylic acids is 1. The van der Waals surface area contributed by atoms with E-state index in [2.05, 4.69) is 0 Å². The number of ether oxygens (including phenoxy) is 2. The Morgan fingerprint density at radius 1 is 1.39 bits per heavy atom. The van der Waals surface area contributed by atoms with Gasteiger partial charge in [-0.3, -0.25) is 4.79 Å². The van der Waals surface area contributed by atoms with E-state index in [0.29, 0.717) is 35.7 Å². The Bertz CT molecular complexity index is 606. The molecule has 1 aromatic rings. The standard InChI is InChI=1S/C16H20ClNO5/c1-22-10-16(15(20)21)7-4-8-18(16)14(19)9-11-12(17)5-3-6-13(11)23-2/h3,5-6H,4,7-10H2,1-2H3,(H,20,21). The van der Waals surface area contributed by atoms with Crippen LogP contribution >= 0.6 is 11.6 Å². The first kappa shape index (κ1) is 17.6. The largest absolute Gasteiger partial charge is 0.496 e. The molecule has 1 atom stereocenters. The predicted octanol–water partition coefficient (Wildman–Crippen LogP) is 1.98. The van der Waals surface area contributed by atoms with Crippen molar-refractivity contribution >= 4 is 23.5 Å². The zero-order valence-corrected chi connectivity index (χ0v) is 13.9. The Morgan fingerprint density at radius 2 is 2.13 bits per heavy atom. The van der Waals surface area contributed by atoms with Crippen molar-refractivity contribution in [2.45, 2.75) is 24.8 Å². The third-order valence-electron chi connectivity index (χ3n) is 4.19. The first-order valence-electron chi connectivity index (χ1n) is 7.30. The minimum atomic E-state index is -1.31. The fourth-order valence-electron chi connectivity index (χ4n) is 3.06. The quantitative estimate of drug-likeness (QED) is 0.856. The van der Waals surface area contributed by atoms with Crippen molar-refractivity contribution in [3.05, 3.63) is 28.8 Å². The molecule has 23 heavy (non-hydrogen) atoms. The smallest absolute Gasteiger partial charge is 0.332 e. The fraction of sp³-hybridized carbons (Fsp3) is 0.500. The van der Waals surface area contributed by atoms with E-state index < -0.39 is 11.5 Å². The third-order valence-corrected chi connectivity index (χ3v) is 4.55. The second kappa shape index (κ2) is 7.19. The summed E-state index contributed by atoms with van der Waals surface area (Å²) in [6, 6.07) is 5.13. The van der Waals surface area contributed by atoms with E-state index in [0.717, 1.165) is 0 Å². The molecule has 2 rings (SSSR count). The van der Waals surface area contributed by atoms with Gasteiger partial charge in [0.2, 0.25) is 5.91 Å². The van der Waals surface area contributed by atoms with Crippen LogP contribution in [0.25, 0.3) is 0 Å². The Kier molecular flexibility index (Phi) is 5.49. The molecule has 6 nitrogen and oxygen atoms in total. The topological polar surface area (TPSA) is 76.1 Å². The number of hydrogen-bond acceptors (Lipinski definition) is 4. The van der Waals surface area contributed by atoms with Crippen LogP contribution < -0.4 is 4.74 Å². The number of benzene rings is 1. The van der Waals surface area contributed by atoms with Gasteiger partial charge in [-0.25, -0.2) is 4.79 Å². The first-order chi connectivity index (χ1) is 11.0. The zero-order valence-electron chi connectivity index (χ0n) is 13.2. The van der Waals surface area contributed by atoms with Gasteiger partial charge in [-0.05, 0) is 25.0 Å². The number of rotatable bonds is 6. The average molecular weight is 342 g/mol. The lowest BCUT2D eigenvalue weighted by molar-refractivity contribution is -0.160. The highest BCUT2D eigenvalue weighted by atomic mass is 35.5. The molecule has 7 heteroatoms. The summed E-state index contributed by atoms with van der Waals surface area (Å²) in [5, 5.41) is 10.0. The number of nitrogens with zero attached hydrogens (tertiary/aromatic N) is 1. The molecule has 1 saturated heterocycles. The summed E-state index contributed by atoms with van der Waals surface area (Å²) in [7, 11) is 2.94. The Balaban J connectivity index is 2.28. The third kappa shape index (κ3) is 3.28. The molecule has 0 bridgehead atoms. The van der Waals surface area contributed by atoms with Crippen molar-refractivity contribution < 1.29 is 24.2 Å². The summed E-state index contributed by atoms with van der Waals surface area (Å²) in [4.78, 5) is 25.9. The summed E-state index contributed by atoms with van der Waals surface area (Å²) >= 11 is 6.16. The second-order valence-electron chi connectivity index (χ2n) is 5.52. The van der Waals surface area contributed by atoms with E-state index in [-0.39, 0.29) is 18.9 Å². The van der Waals surface area contributed by atoms with E-state index in [1.807, 2.05) is 0 Å². The van der Waals surface area contributed by atoms with Gasteiger partial charge in [0, 0.05) is 24.2 Å². The van der Waals surface area contributed by atoms with E-state index >= 15 is 0 Å². The monoisotopic (exact) mass is 341 g/mol. The molecule has 0 radical (unpaired) electrons. The van der Waals surface area contributed by atoms with Crippen LogP contribution in [0, 0.1) is 0 Å². The number of carboxylic acids is 1. The van der Waals surface area contributed by atoms with Gasteiger partial charge < -0.3 is 19.5 Å². The van der Waals surface area contributed by atoms with E-state index in [9.17, 15) is 14.7 Å². The highest BCUT2D eigenvalue weighted by Crippen LogP contribution is 2.33. The number of carbonyl (C=O) groups is 2. The maximum atomic E-state index is 12.7. The van der Waals surface area contributed by atoms with Crippen LogP contribution in [-0.4, -0.2) is 54.8 Å². The van der Waals surface area contributed by atoms with Crippen LogP contribution in [0.15, 0.2) is 18.2 Å². The van der Waals surface area contributed by atoms with Gasteiger partial charge in [0.1, 0.15) is 5.75 Å². The molecule has 1 unspecified atom stereocenters. The first-order valence-corrected chi connectivity index (χ1v) is 7.68. The molecule has 1 N–H and O–H groups in total. The lowest BCUT2D eigenvalue weighted by Crippen LogP contribution is -2.56. The number of methoxy groups -OCH3 is 2. The minimum Gasteiger partial charge on any atom is -0.496 e. The van der Waals surface area contributed by atoms with Crippen molar-refractivity contribution in [3.8, 4) is 5.75 Å². The molecule has 126 valence electrons. The SMILES string of the molecule is COCC1(C(=O)O)CCCN1C(=O)Cc1c(Cl)cccc1OC. The van der Waals surface area contributed by atoms with Gasteiger partial charge >= 0.3 is 5.97 Å². The molecule has 0 aliphatic carbocycles. The molecule has 1 heterocycles. The number of likely N-dealkylation sites (tertiary alicyclic amines) is 1. The van der Waals surface area contributed by atoms with Crippen LogP contribution in [-0.2, 0) is 20.7 Å². The van der Waals surface area contributed by atoms with E-state index in [1.54, 1.807) is 18.2 Å². The van der Waals surface area contributed by atoms with Gasteiger partial charge in [0.05, 0.1) is 20.1 Å². The van der Waals surface area contributed by atoms with Gasteiger partial charge in [-0.15, -0.1) is 0 Å². The molecular formula is C16H20ClNO5. The van der Waals surface area contributed by atoms with Crippen LogP contribution in [0.2, 0.25) is 5.02 Å². The number of amides is 1. The zero-order chi connectivity index (χ0) is 17.0. The van der Waals surface area contributed by atoms with E-state index in [1.165, 1.54) is 19.1 Å². The molecule has 1 aliphatic rings. The Hall–Kier alpha value is -1.79. The summed E-state index contributed by atoms with van der Waals surface area (Å²) in [6.45, 7) is 0.356. The molecule has 1 aromatic carbocycles. The summed E-state index contributed by atoms with van der Waals surface area (Å²) < 4.78 is 10.3. The molecule has 1 amide bonds. The van der Waals surface area contributed by atoms with Crippen LogP contribution in [0.1, 0.15) is 18.4 Å². The number of aliphatic carboxylic acids is 1. The summed E-state index contributed by atoms with van der Waals surface area (Å²) in [5.74, 6) is -0.831.